The minimum Gasteiger partial charge on any atom is -0.465 e. The van der Waals surface area contributed by atoms with Crippen LogP contribution in [0.4, 0.5) is 4.39 Å². The van der Waals surface area contributed by atoms with Gasteiger partial charge in [0.15, 0.2) is 0 Å². The molecule has 0 aromatic rings. The van der Waals surface area contributed by atoms with Crippen molar-refractivity contribution in [2.45, 2.75) is 19.4 Å². The van der Waals surface area contributed by atoms with E-state index in [1.165, 1.54) is 6.92 Å². The molecule has 0 saturated carbocycles. The van der Waals surface area contributed by atoms with E-state index in [0.717, 1.165) is 0 Å². The molecule has 1 atom stereocenters. The summed E-state index contributed by atoms with van der Waals surface area (Å²) in [5.74, 6) is -0.697. The molecular formula is C6H12FNO2. The van der Waals surface area contributed by atoms with Crippen molar-refractivity contribution in [2.75, 3.05) is 13.3 Å². The molecule has 0 radical (unpaired) electrons. The molecule has 0 saturated heterocycles. The van der Waals surface area contributed by atoms with Gasteiger partial charge in [0.2, 0.25) is 0 Å². The minimum absolute atomic E-state index is 0.228. The van der Waals surface area contributed by atoms with Gasteiger partial charge in [-0.15, -0.1) is 0 Å². The van der Waals surface area contributed by atoms with Crippen LogP contribution in [-0.2, 0) is 9.53 Å². The number of carbonyl (C=O) groups excluding carboxylic acids is 1. The molecule has 0 heterocycles. The predicted octanol–water partition coefficient (Wildman–Crippen LogP) is 0.236. The summed E-state index contributed by atoms with van der Waals surface area (Å²) < 4.78 is 16.4. The molecule has 0 aliphatic heterocycles. The second-order valence-corrected chi connectivity index (χ2v) is 2.27. The Balaban J connectivity index is 3.91. The van der Waals surface area contributed by atoms with Gasteiger partial charge in [-0.25, -0.2) is 9.18 Å². The van der Waals surface area contributed by atoms with Crippen molar-refractivity contribution in [3.05, 3.63) is 0 Å². The first-order valence-corrected chi connectivity index (χ1v) is 3.06. The normalized spacial score (nSPS) is 16.0. The minimum atomic E-state index is -1.48. The third-order valence-corrected chi connectivity index (χ3v) is 1.02. The average Bonchev–Trinajstić information content (AvgIpc) is 1.89. The zero-order valence-electron chi connectivity index (χ0n) is 6.19. The van der Waals surface area contributed by atoms with Gasteiger partial charge < -0.3 is 10.5 Å². The summed E-state index contributed by atoms with van der Waals surface area (Å²) in [5.41, 5.74) is 3.72. The van der Waals surface area contributed by atoms with Gasteiger partial charge in [0.05, 0.1) is 6.61 Å². The lowest BCUT2D eigenvalue weighted by Crippen LogP contribution is -2.48. The highest BCUT2D eigenvalue weighted by Crippen LogP contribution is 2.02. The third-order valence-electron chi connectivity index (χ3n) is 1.02. The van der Waals surface area contributed by atoms with Crippen LogP contribution in [0.1, 0.15) is 13.8 Å². The van der Waals surface area contributed by atoms with Crippen LogP contribution < -0.4 is 5.73 Å². The maximum Gasteiger partial charge on any atom is 0.328 e. The van der Waals surface area contributed by atoms with Crippen LogP contribution in [0.3, 0.4) is 0 Å². The van der Waals surface area contributed by atoms with Crippen molar-refractivity contribution >= 4 is 5.97 Å². The molecule has 2 N–H and O–H groups in total. The SMILES string of the molecule is CCOC(=O)C(C)(N)CF. The number of hydrogen-bond donors (Lipinski definition) is 1. The zero-order valence-corrected chi connectivity index (χ0v) is 6.19. The van der Waals surface area contributed by atoms with Crippen LogP contribution in [-0.4, -0.2) is 24.8 Å². The van der Waals surface area contributed by atoms with Crippen LogP contribution in [0.15, 0.2) is 0 Å². The standard InChI is InChI=1S/C6H12FNO2/c1-3-10-5(9)6(2,8)4-7/h3-4,8H2,1-2H3. The monoisotopic (exact) mass is 149 g/mol. The largest absolute Gasteiger partial charge is 0.465 e. The third kappa shape index (κ3) is 2.31. The fourth-order valence-electron chi connectivity index (χ4n) is 0.351. The van der Waals surface area contributed by atoms with Crippen molar-refractivity contribution in [1.29, 1.82) is 0 Å². The van der Waals surface area contributed by atoms with Crippen molar-refractivity contribution < 1.29 is 13.9 Å². The van der Waals surface area contributed by atoms with Gasteiger partial charge in [0, 0.05) is 0 Å². The Bertz CT molecular complexity index is 125. The molecule has 0 aromatic heterocycles. The van der Waals surface area contributed by atoms with Crippen LogP contribution in [0.2, 0.25) is 0 Å². The van der Waals surface area contributed by atoms with E-state index < -0.39 is 18.2 Å². The molecule has 3 nitrogen and oxygen atoms in total. The second kappa shape index (κ2) is 3.51. The van der Waals surface area contributed by atoms with Gasteiger partial charge in [-0.3, -0.25) is 0 Å². The fraction of sp³-hybridized carbons (Fsp3) is 0.833. The highest BCUT2D eigenvalue weighted by molar-refractivity contribution is 5.80. The van der Waals surface area contributed by atoms with Crippen LogP contribution in [0.5, 0.6) is 0 Å². The van der Waals surface area contributed by atoms with E-state index in [2.05, 4.69) is 4.74 Å². The van der Waals surface area contributed by atoms with Crippen LogP contribution in [0, 0.1) is 0 Å². The van der Waals surface area contributed by atoms with Gasteiger partial charge in [0.1, 0.15) is 12.2 Å². The molecule has 0 bridgehead atoms. The number of carbonyl (C=O) groups is 1. The summed E-state index contributed by atoms with van der Waals surface area (Å²) in [6.07, 6.45) is 0. The lowest BCUT2D eigenvalue weighted by atomic mass is 10.1. The van der Waals surface area contributed by atoms with Crippen molar-refractivity contribution in [3.8, 4) is 0 Å². The topological polar surface area (TPSA) is 52.3 Å². The van der Waals surface area contributed by atoms with Gasteiger partial charge >= 0.3 is 5.97 Å². The number of rotatable bonds is 3. The number of hydrogen-bond acceptors (Lipinski definition) is 3. The Hall–Kier alpha value is -0.640. The molecule has 0 aliphatic rings. The molecule has 0 amide bonds. The fourth-order valence-corrected chi connectivity index (χ4v) is 0.351. The number of halogens is 1. The molecule has 10 heavy (non-hydrogen) atoms. The van der Waals surface area contributed by atoms with E-state index in [4.69, 9.17) is 5.73 Å². The molecule has 0 spiro atoms. The van der Waals surface area contributed by atoms with E-state index in [0.29, 0.717) is 0 Å². The number of nitrogens with two attached hydrogens (primary N) is 1. The molecule has 0 fully saturated rings. The lowest BCUT2D eigenvalue weighted by Gasteiger charge is -2.17. The van der Waals surface area contributed by atoms with Gasteiger partial charge in [-0.05, 0) is 13.8 Å². The smallest absolute Gasteiger partial charge is 0.328 e. The molecular weight excluding hydrogens is 137 g/mol. The second-order valence-electron chi connectivity index (χ2n) is 2.27. The highest BCUT2D eigenvalue weighted by atomic mass is 19.1. The van der Waals surface area contributed by atoms with Crippen molar-refractivity contribution in [2.24, 2.45) is 5.73 Å². The van der Waals surface area contributed by atoms with Gasteiger partial charge in [-0.2, -0.15) is 0 Å². The van der Waals surface area contributed by atoms with Crippen LogP contribution in [0.25, 0.3) is 0 Å². The van der Waals surface area contributed by atoms with Crippen molar-refractivity contribution in [1.82, 2.24) is 0 Å². The molecule has 1 unspecified atom stereocenters. The lowest BCUT2D eigenvalue weighted by molar-refractivity contribution is -0.149. The quantitative estimate of drug-likeness (QED) is 0.584. The summed E-state index contributed by atoms with van der Waals surface area (Å²) in [5, 5.41) is 0. The van der Waals surface area contributed by atoms with E-state index in [-0.39, 0.29) is 6.61 Å². The summed E-state index contributed by atoms with van der Waals surface area (Å²) in [4.78, 5) is 10.7. The molecule has 0 aromatic carbocycles. The highest BCUT2D eigenvalue weighted by Gasteiger charge is 2.29. The van der Waals surface area contributed by atoms with Crippen LogP contribution >= 0.6 is 0 Å². The summed E-state index contributed by atoms with van der Waals surface area (Å²) in [7, 11) is 0. The molecule has 0 rings (SSSR count). The molecule has 60 valence electrons. The number of esters is 1. The van der Waals surface area contributed by atoms with E-state index in [1.807, 2.05) is 0 Å². The Morgan fingerprint density at radius 3 is 2.60 bits per heavy atom. The predicted molar refractivity (Wildman–Crippen MR) is 35.2 cm³/mol. The molecule has 4 heteroatoms. The van der Waals surface area contributed by atoms with Gasteiger partial charge in [0.25, 0.3) is 0 Å². The Morgan fingerprint density at radius 1 is 1.80 bits per heavy atom. The first-order valence-electron chi connectivity index (χ1n) is 3.06. The maximum absolute atomic E-state index is 11.9. The van der Waals surface area contributed by atoms with E-state index in [9.17, 15) is 9.18 Å². The molecule has 0 aliphatic carbocycles. The number of ether oxygens (including phenoxy) is 1. The summed E-state index contributed by atoms with van der Waals surface area (Å²) >= 11 is 0. The maximum atomic E-state index is 11.9. The Morgan fingerprint density at radius 2 is 2.30 bits per heavy atom. The van der Waals surface area contributed by atoms with Crippen molar-refractivity contribution in [3.63, 3.8) is 0 Å². The Labute approximate surface area is 59.3 Å². The van der Waals surface area contributed by atoms with E-state index in [1.54, 1.807) is 6.92 Å². The van der Waals surface area contributed by atoms with Gasteiger partial charge in [-0.1, -0.05) is 0 Å². The average molecular weight is 149 g/mol. The number of alkyl halides is 1. The Kier molecular flexibility index (Phi) is 3.28. The first-order chi connectivity index (χ1) is 4.54. The summed E-state index contributed by atoms with van der Waals surface area (Å²) in [6.45, 7) is 2.27. The summed E-state index contributed by atoms with van der Waals surface area (Å²) in [6, 6.07) is 0. The zero-order chi connectivity index (χ0) is 8.20. The van der Waals surface area contributed by atoms with E-state index >= 15 is 0 Å². The first kappa shape index (κ1) is 9.36.